The standard InChI is InChI=1S/C32H37ClFN5O5/c1-32(2,3)44-31(42)38-11-9-37(10-12-38)28-15-21(18-35-26(28)19-40)24-17-22(34)16-23(29(24)43-5)20-6-7-27(25(33)14-20)39-13-8-36(4)30(39)41/h6-7,14-18,40H,8-13,19H2,1-5H3. The summed E-state index contributed by atoms with van der Waals surface area (Å²) in [6.07, 6.45) is 1.22. The average molecular weight is 626 g/mol. The molecule has 0 spiro atoms. The lowest BCUT2D eigenvalue weighted by Crippen LogP contribution is -2.50. The van der Waals surface area contributed by atoms with Gasteiger partial charge in [0.25, 0.3) is 0 Å². The van der Waals surface area contributed by atoms with Gasteiger partial charge in [-0.25, -0.2) is 14.0 Å². The first-order valence-electron chi connectivity index (χ1n) is 14.4. The lowest BCUT2D eigenvalue weighted by Gasteiger charge is -2.37. The number of nitrogens with zero attached hydrogens (tertiary/aromatic N) is 5. The molecule has 2 aliphatic rings. The van der Waals surface area contributed by atoms with Gasteiger partial charge in [0.2, 0.25) is 0 Å². The molecule has 44 heavy (non-hydrogen) atoms. The van der Waals surface area contributed by atoms with Crippen LogP contribution in [0.4, 0.5) is 25.4 Å². The van der Waals surface area contributed by atoms with Crippen LogP contribution in [0.3, 0.4) is 0 Å². The number of aliphatic hydroxyl groups is 1. The summed E-state index contributed by atoms with van der Waals surface area (Å²) < 4.78 is 26.6. The highest BCUT2D eigenvalue weighted by Gasteiger charge is 2.29. The first kappa shape index (κ1) is 31.3. The van der Waals surface area contributed by atoms with Crippen molar-refractivity contribution in [1.29, 1.82) is 0 Å². The number of halogens is 2. The second kappa shape index (κ2) is 12.5. The molecule has 0 saturated carbocycles. The number of carbonyl (C=O) groups excluding carboxylic acids is 2. The van der Waals surface area contributed by atoms with E-state index in [-0.39, 0.29) is 18.7 Å². The number of methoxy groups -OCH3 is 1. The van der Waals surface area contributed by atoms with Gasteiger partial charge in [-0.15, -0.1) is 0 Å². The van der Waals surface area contributed by atoms with Crippen molar-refractivity contribution < 1.29 is 28.6 Å². The average Bonchev–Trinajstić information content (AvgIpc) is 3.32. The Hall–Kier alpha value is -4.09. The Labute approximate surface area is 261 Å². The number of ether oxygens (including phenoxy) is 2. The second-order valence-electron chi connectivity index (χ2n) is 11.9. The highest BCUT2D eigenvalue weighted by molar-refractivity contribution is 6.34. The summed E-state index contributed by atoms with van der Waals surface area (Å²) in [5.41, 5.74) is 3.34. The fraction of sp³-hybridized carbons (Fsp3) is 0.406. The Morgan fingerprint density at radius 3 is 2.25 bits per heavy atom. The second-order valence-corrected chi connectivity index (χ2v) is 12.3. The van der Waals surface area contributed by atoms with Crippen molar-refractivity contribution in [1.82, 2.24) is 14.8 Å². The molecule has 3 aromatic rings. The monoisotopic (exact) mass is 625 g/mol. The Bertz CT molecular complexity index is 1570. The molecule has 1 N–H and O–H groups in total. The van der Waals surface area contributed by atoms with Gasteiger partial charge < -0.3 is 29.3 Å². The minimum Gasteiger partial charge on any atom is -0.495 e. The number of aliphatic hydroxyl groups excluding tert-OH is 1. The maximum Gasteiger partial charge on any atom is 0.410 e. The molecular weight excluding hydrogens is 589 g/mol. The summed E-state index contributed by atoms with van der Waals surface area (Å²) in [6.45, 7) is 8.21. The third-order valence-corrected chi connectivity index (χ3v) is 8.01. The van der Waals surface area contributed by atoms with Crippen LogP contribution in [0.15, 0.2) is 42.6 Å². The normalized spacial score (nSPS) is 15.7. The fourth-order valence-corrected chi connectivity index (χ4v) is 5.77. The minimum absolute atomic E-state index is 0.133. The first-order valence-corrected chi connectivity index (χ1v) is 14.8. The number of carbonyl (C=O) groups is 2. The third-order valence-electron chi connectivity index (χ3n) is 7.70. The first-order chi connectivity index (χ1) is 20.9. The topological polar surface area (TPSA) is 98.7 Å². The lowest BCUT2D eigenvalue weighted by molar-refractivity contribution is 0.0240. The van der Waals surface area contributed by atoms with E-state index in [0.29, 0.717) is 89.4 Å². The van der Waals surface area contributed by atoms with Gasteiger partial charge in [0.05, 0.1) is 35.8 Å². The fourth-order valence-electron chi connectivity index (χ4n) is 5.49. The number of rotatable bonds is 6. The predicted octanol–water partition coefficient (Wildman–Crippen LogP) is 5.64. The van der Waals surface area contributed by atoms with Crippen LogP contribution < -0.4 is 14.5 Å². The molecule has 0 bridgehead atoms. The molecule has 1 aromatic heterocycles. The van der Waals surface area contributed by atoms with Crippen LogP contribution in [0.1, 0.15) is 26.5 Å². The molecule has 5 rings (SSSR count). The molecule has 0 atom stereocenters. The van der Waals surface area contributed by atoms with Crippen LogP contribution in [0.25, 0.3) is 22.3 Å². The van der Waals surface area contributed by atoms with Crippen molar-refractivity contribution in [3.63, 3.8) is 0 Å². The summed E-state index contributed by atoms with van der Waals surface area (Å²) in [7, 11) is 3.25. The molecule has 0 radical (unpaired) electrons. The van der Waals surface area contributed by atoms with Gasteiger partial charge in [-0.2, -0.15) is 0 Å². The molecule has 12 heteroatoms. The maximum absolute atomic E-state index is 15.2. The third kappa shape index (κ3) is 6.39. The van der Waals surface area contributed by atoms with E-state index in [4.69, 9.17) is 21.1 Å². The van der Waals surface area contributed by atoms with Gasteiger partial charge in [-0.3, -0.25) is 9.88 Å². The number of hydrogen-bond acceptors (Lipinski definition) is 7. The maximum atomic E-state index is 15.2. The summed E-state index contributed by atoms with van der Waals surface area (Å²) in [5, 5.41) is 10.4. The van der Waals surface area contributed by atoms with E-state index in [1.807, 2.05) is 31.7 Å². The Balaban J connectivity index is 1.46. The molecule has 2 aromatic carbocycles. The molecular formula is C32H37ClFN5O5. The van der Waals surface area contributed by atoms with Gasteiger partial charge in [0.15, 0.2) is 0 Å². The van der Waals surface area contributed by atoms with E-state index in [2.05, 4.69) is 4.98 Å². The highest BCUT2D eigenvalue weighted by Crippen LogP contribution is 2.43. The van der Waals surface area contributed by atoms with E-state index in [9.17, 15) is 14.7 Å². The molecule has 2 fully saturated rings. The minimum atomic E-state index is -0.587. The van der Waals surface area contributed by atoms with Gasteiger partial charge in [0, 0.05) is 69.2 Å². The number of hydrogen-bond donors (Lipinski definition) is 1. The largest absolute Gasteiger partial charge is 0.495 e. The van der Waals surface area contributed by atoms with Crippen LogP contribution >= 0.6 is 11.6 Å². The van der Waals surface area contributed by atoms with E-state index < -0.39 is 11.4 Å². The van der Waals surface area contributed by atoms with Crippen molar-refractivity contribution in [3.05, 3.63) is 59.1 Å². The van der Waals surface area contributed by atoms with Crippen molar-refractivity contribution in [2.45, 2.75) is 33.0 Å². The smallest absolute Gasteiger partial charge is 0.410 e. The highest BCUT2D eigenvalue weighted by atomic mass is 35.5. The van der Waals surface area contributed by atoms with Crippen LogP contribution in [-0.4, -0.2) is 91.0 Å². The van der Waals surface area contributed by atoms with Crippen LogP contribution in [0.2, 0.25) is 5.02 Å². The van der Waals surface area contributed by atoms with E-state index in [1.54, 1.807) is 46.1 Å². The molecule has 2 aliphatic heterocycles. The number of urea groups is 1. The number of amides is 3. The number of pyridine rings is 1. The van der Waals surface area contributed by atoms with Gasteiger partial charge in [-0.1, -0.05) is 17.7 Å². The van der Waals surface area contributed by atoms with Gasteiger partial charge in [0.1, 0.15) is 17.2 Å². The summed E-state index contributed by atoms with van der Waals surface area (Å²) >= 11 is 6.65. The van der Waals surface area contributed by atoms with Crippen LogP contribution in [0, 0.1) is 5.82 Å². The van der Waals surface area contributed by atoms with E-state index >= 15 is 4.39 Å². The number of likely N-dealkylation sites (N-methyl/N-ethyl adjacent to an activating group) is 1. The van der Waals surface area contributed by atoms with E-state index in [1.165, 1.54) is 19.2 Å². The molecule has 2 saturated heterocycles. The van der Waals surface area contributed by atoms with Gasteiger partial charge >= 0.3 is 12.1 Å². The quantitative estimate of drug-likeness (QED) is 0.379. The number of piperazine rings is 1. The van der Waals surface area contributed by atoms with Crippen molar-refractivity contribution >= 4 is 35.1 Å². The van der Waals surface area contributed by atoms with Gasteiger partial charge in [-0.05, 0) is 56.7 Å². The summed E-state index contributed by atoms with van der Waals surface area (Å²) in [4.78, 5) is 36.5. The zero-order valence-corrected chi connectivity index (χ0v) is 26.3. The predicted molar refractivity (Wildman–Crippen MR) is 168 cm³/mol. The summed E-state index contributed by atoms with van der Waals surface area (Å²) in [6, 6.07) is 9.74. The number of anilines is 2. The van der Waals surface area contributed by atoms with E-state index in [0.717, 1.165) is 0 Å². The van der Waals surface area contributed by atoms with Crippen molar-refractivity contribution in [3.8, 4) is 28.0 Å². The molecule has 10 nitrogen and oxygen atoms in total. The Kier molecular flexibility index (Phi) is 8.90. The zero-order chi connectivity index (χ0) is 31.8. The van der Waals surface area contributed by atoms with Crippen LogP contribution in [-0.2, 0) is 11.3 Å². The SMILES string of the molecule is COc1c(-c2ccc(N3CCN(C)C3=O)c(Cl)c2)cc(F)cc1-c1cnc(CO)c(N2CCN(C(=O)OC(C)(C)C)CC2)c1. The molecule has 234 valence electrons. The summed E-state index contributed by atoms with van der Waals surface area (Å²) in [5.74, 6) is -0.0578. The number of benzene rings is 2. The molecule has 0 unspecified atom stereocenters. The Morgan fingerprint density at radius 1 is 1.00 bits per heavy atom. The zero-order valence-electron chi connectivity index (χ0n) is 25.6. The molecule has 3 amide bonds. The van der Waals surface area contributed by atoms with Crippen LogP contribution in [0.5, 0.6) is 5.75 Å². The molecule has 0 aliphatic carbocycles. The lowest BCUT2D eigenvalue weighted by atomic mass is 9.96. The molecule has 3 heterocycles. The number of aromatic nitrogens is 1. The Morgan fingerprint density at radius 2 is 1.68 bits per heavy atom. The van der Waals surface area contributed by atoms with Crippen molar-refractivity contribution in [2.75, 3.05) is 63.2 Å². The van der Waals surface area contributed by atoms with Crippen molar-refractivity contribution in [2.24, 2.45) is 0 Å².